The third-order valence-corrected chi connectivity index (χ3v) is 5.32. The van der Waals surface area contributed by atoms with Crippen molar-refractivity contribution in [1.29, 1.82) is 0 Å². The fraction of sp³-hybridized carbons (Fsp3) is 1.00. The van der Waals surface area contributed by atoms with Gasteiger partial charge in [-0.15, -0.1) is 0 Å². The predicted molar refractivity (Wildman–Crippen MR) is 85.5 cm³/mol. The number of hydrogen-bond donors (Lipinski definition) is 1. The first-order valence-corrected chi connectivity index (χ1v) is 8.32. The van der Waals surface area contributed by atoms with E-state index in [1.54, 1.807) is 0 Å². The van der Waals surface area contributed by atoms with Crippen LogP contribution in [-0.4, -0.2) is 37.1 Å². The zero-order chi connectivity index (χ0) is 14.5. The maximum atomic E-state index is 3.80. The van der Waals surface area contributed by atoms with Crippen LogP contribution in [0.1, 0.15) is 60.8 Å². The van der Waals surface area contributed by atoms with E-state index in [2.05, 4.69) is 51.8 Å². The summed E-state index contributed by atoms with van der Waals surface area (Å²) in [6.45, 7) is 19.1. The molecular weight excluding hydrogens is 232 g/mol. The van der Waals surface area contributed by atoms with Crippen LogP contribution in [0.2, 0.25) is 0 Å². The lowest BCUT2D eigenvalue weighted by atomic mass is 9.80. The number of rotatable bonds is 7. The highest BCUT2D eigenvalue weighted by atomic mass is 15.1. The monoisotopic (exact) mass is 268 g/mol. The SMILES string of the molecule is CCCN1CCC(C(C)NCC(C)(C)C(C)C)CC1. The lowest BCUT2D eigenvalue weighted by molar-refractivity contribution is 0.151. The Kier molecular flexibility index (Phi) is 6.82. The van der Waals surface area contributed by atoms with Gasteiger partial charge in [-0.25, -0.2) is 0 Å². The highest BCUT2D eigenvalue weighted by Gasteiger charge is 2.26. The van der Waals surface area contributed by atoms with Crippen LogP contribution in [0.25, 0.3) is 0 Å². The Morgan fingerprint density at radius 2 is 1.74 bits per heavy atom. The first-order valence-electron chi connectivity index (χ1n) is 8.32. The summed E-state index contributed by atoms with van der Waals surface area (Å²) in [5.74, 6) is 1.61. The number of hydrogen-bond acceptors (Lipinski definition) is 2. The molecule has 1 saturated heterocycles. The first kappa shape index (κ1) is 17.0. The molecule has 0 aliphatic carbocycles. The Morgan fingerprint density at radius 1 is 1.16 bits per heavy atom. The van der Waals surface area contributed by atoms with E-state index in [0.29, 0.717) is 11.5 Å². The smallest absolute Gasteiger partial charge is 0.00681 e. The summed E-state index contributed by atoms with van der Waals surface area (Å²) in [7, 11) is 0. The third-order valence-electron chi connectivity index (χ3n) is 5.32. The molecular formula is C17H36N2. The van der Waals surface area contributed by atoms with Crippen molar-refractivity contribution in [3.8, 4) is 0 Å². The minimum Gasteiger partial charge on any atom is -0.313 e. The van der Waals surface area contributed by atoms with Crippen molar-refractivity contribution >= 4 is 0 Å². The summed E-state index contributed by atoms with van der Waals surface area (Å²) in [5, 5.41) is 3.80. The van der Waals surface area contributed by atoms with Crippen LogP contribution in [0.5, 0.6) is 0 Å². The largest absolute Gasteiger partial charge is 0.313 e. The second-order valence-electron chi connectivity index (χ2n) is 7.49. The second kappa shape index (κ2) is 7.64. The fourth-order valence-corrected chi connectivity index (χ4v) is 2.79. The van der Waals surface area contributed by atoms with Gasteiger partial charge in [0.1, 0.15) is 0 Å². The molecule has 1 unspecified atom stereocenters. The van der Waals surface area contributed by atoms with Gasteiger partial charge < -0.3 is 10.2 Å². The molecule has 0 bridgehead atoms. The summed E-state index contributed by atoms with van der Waals surface area (Å²) in [6, 6.07) is 0.668. The molecule has 1 fully saturated rings. The van der Waals surface area contributed by atoms with Gasteiger partial charge >= 0.3 is 0 Å². The van der Waals surface area contributed by atoms with Crippen molar-refractivity contribution < 1.29 is 0 Å². The maximum absolute atomic E-state index is 3.80. The summed E-state index contributed by atoms with van der Waals surface area (Å²) in [6.07, 6.45) is 4.04. The van der Waals surface area contributed by atoms with E-state index in [9.17, 15) is 0 Å². The van der Waals surface area contributed by atoms with Gasteiger partial charge in [-0.05, 0) is 63.1 Å². The Balaban J connectivity index is 2.30. The predicted octanol–water partition coefficient (Wildman–Crippen LogP) is 3.77. The molecule has 1 aliphatic heterocycles. The Bertz CT molecular complexity index is 240. The average molecular weight is 268 g/mol. The van der Waals surface area contributed by atoms with Gasteiger partial charge in [0.25, 0.3) is 0 Å². The van der Waals surface area contributed by atoms with Crippen molar-refractivity contribution in [2.24, 2.45) is 17.3 Å². The van der Waals surface area contributed by atoms with Gasteiger partial charge in [0.05, 0.1) is 0 Å². The molecule has 1 N–H and O–H groups in total. The van der Waals surface area contributed by atoms with Crippen LogP contribution in [0.15, 0.2) is 0 Å². The molecule has 0 radical (unpaired) electrons. The Hall–Kier alpha value is -0.0800. The summed E-state index contributed by atoms with van der Waals surface area (Å²) in [5.41, 5.74) is 0.400. The van der Waals surface area contributed by atoms with Crippen molar-refractivity contribution in [2.75, 3.05) is 26.2 Å². The molecule has 1 rings (SSSR count). The fourth-order valence-electron chi connectivity index (χ4n) is 2.79. The lowest BCUT2D eigenvalue weighted by Crippen LogP contribution is -2.45. The van der Waals surface area contributed by atoms with Gasteiger partial charge in [0, 0.05) is 12.6 Å². The molecule has 0 aromatic rings. The van der Waals surface area contributed by atoms with Gasteiger partial charge in [-0.2, -0.15) is 0 Å². The first-order chi connectivity index (χ1) is 8.86. The van der Waals surface area contributed by atoms with Gasteiger partial charge in [-0.3, -0.25) is 0 Å². The highest BCUT2D eigenvalue weighted by Crippen LogP contribution is 2.26. The number of nitrogens with zero attached hydrogens (tertiary/aromatic N) is 1. The van der Waals surface area contributed by atoms with E-state index < -0.39 is 0 Å². The molecule has 0 aromatic heterocycles. The van der Waals surface area contributed by atoms with Gasteiger partial charge in [0.15, 0.2) is 0 Å². The standard InChI is InChI=1S/C17H36N2/c1-7-10-19-11-8-16(9-12-19)15(4)18-13-17(5,6)14(2)3/h14-16,18H,7-13H2,1-6H3. The molecule has 0 aromatic carbocycles. The summed E-state index contributed by atoms with van der Waals surface area (Å²) in [4.78, 5) is 2.63. The van der Waals surface area contributed by atoms with E-state index >= 15 is 0 Å². The van der Waals surface area contributed by atoms with Crippen LogP contribution in [0.4, 0.5) is 0 Å². The minimum absolute atomic E-state index is 0.400. The molecule has 1 heterocycles. The second-order valence-corrected chi connectivity index (χ2v) is 7.49. The molecule has 0 saturated carbocycles. The quantitative estimate of drug-likeness (QED) is 0.756. The molecule has 1 atom stereocenters. The van der Waals surface area contributed by atoms with Crippen molar-refractivity contribution in [2.45, 2.75) is 66.8 Å². The van der Waals surface area contributed by atoms with Gasteiger partial charge in [0.2, 0.25) is 0 Å². The van der Waals surface area contributed by atoms with Crippen LogP contribution in [0.3, 0.4) is 0 Å². The Labute approximate surface area is 121 Å². The van der Waals surface area contributed by atoms with E-state index in [4.69, 9.17) is 0 Å². The van der Waals surface area contributed by atoms with Gasteiger partial charge in [-0.1, -0.05) is 34.6 Å². The van der Waals surface area contributed by atoms with Crippen molar-refractivity contribution in [1.82, 2.24) is 10.2 Å². The van der Waals surface area contributed by atoms with Crippen LogP contribution in [-0.2, 0) is 0 Å². The van der Waals surface area contributed by atoms with Crippen LogP contribution < -0.4 is 5.32 Å². The normalized spacial score (nSPS) is 21.0. The number of likely N-dealkylation sites (tertiary alicyclic amines) is 1. The zero-order valence-electron chi connectivity index (χ0n) is 14.1. The molecule has 114 valence electrons. The minimum atomic E-state index is 0.400. The lowest BCUT2D eigenvalue weighted by Gasteiger charge is -2.37. The molecule has 2 heteroatoms. The zero-order valence-corrected chi connectivity index (χ0v) is 14.1. The third kappa shape index (κ3) is 5.43. The van der Waals surface area contributed by atoms with E-state index in [1.807, 2.05) is 0 Å². The topological polar surface area (TPSA) is 15.3 Å². The van der Waals surface area contributed by atoms with E-state index in [1.165, 1.54) is 38.9 Å². The number of nitrogens with one attached hydrogen (secondary N) is 1. The van der Waals surface area contributed by atoms with Crippen LogP contribution >= 0.6 is 0 Å². The van der Waals surface area contributed by atoms with Crippen molar-refractivity contribution in [3.05, 3.63) is 0 Å². The van der Waals surface area contributed by atoms with Crippen LogP contribution in [0, 0.1) is 17.3 Å². The molecule has 1 aliphatic rings. The number of piperidine rings is 1. The molecule has 19 heavy (non-hydrogen) atoms. The Morgan fingerprint density at radius 3 is 2.21 bits per heavy atom. The molecule has 0 spiro atoms. The summed E-state index contributed by atoms with van der Waals surface area (Å²) < 4.78 is 0. The molecule has 0 amide bonds. The van der Waals surface area contributed by atoms with E-state index in [0.717, 1.165) is 18.4 Å². The summed E-state index contributed by atoms with van der Waals surface area (Å²) >= 11 is 0. The maximum Gasteiger partial charge on any atom is 0.00681 e. The van der Waals surface area contributed by atoms with Crippen molar-refractivity contribution in [3.63, 3.8) is 0 Å². The average Bonchev–Trinajstić information content (AvgIpc) is 2.37. The van der Waals surface area contributed by atoms with E-state index in [-0.39, 0.29) is 0 Å². The highest BCUT2D eigenvalue weighted by molar-refractivity contribution is 4.82. The molecule has 2 nitrogen and oxygen atoms in total.